The minimum Gasteiger partial charge on any atom is -0.382 e. The number of nitrogens with zero attached hydrogens (tertiary/aromatic N) is 3. The van der Waals surface area contributed by atoms with Gasteiger partial charge in [0.15, 0.2) is 0 Å². The number of aromatic nitrogens is 3. The molecular weight excluding hydrogens is 207 g/mol. The second-order valence-corrected chi connectivity index (χ2v) is 4.04. The number of imidazole rings is 1. The van der Waals surface area contributed by atoms with Crippen molar-refractivity contribution < 1.29 is 4.39 Å². The molecule has 4 nitrogen and oxygen atoms in total. The molecule has 1 saturated carbocycles. The van der Waals surface area contributed by atoms with Crippen LogP contribution < -0.4 is 5.73 Å². The highest BCUT2D eigenvalue weighted by Gasteiger charge is 2.26. The SMILES string of the molecule is Nc1ncc(F)cc1-n1cnc(C2CC2)c1. The molecule has 1 aliphatic rings. The molecule has 5 heteroatoms. The molecule has 0 amide bonds. The monoisotopic (exact) mass is 218 g/mol. The molecule has 2 N–H and O–H groups in total. The van der Waals surface area contributed by atoms with Gasteiger partial charge in [0.1, 0.15) is 11.6 Å². The van der Waals surface area contributed by atoms with Crippen molar-refractivity contribution in [1.82, 2.24) is 14.5 Å². The Morgan fingerprint density at radius 3 is 2.94 bits per heavy atom. The van der Waals surface area contributed by atoms with Crippen LogP contribution in [0.4, 0.5) is 10.2 Å². The van der Waals surface area contributed by atoms with Crippen LogP contribution in [0.1, 0.15) is 24.5 Å². The standard InChI is InChI=1S/C11H11FN4/c12-8-3-10(11(13)14-4-8)16-5-9(15-6-16)7-1-2-7/h3-7H,1-2H2,(H2,13,14). The Balaban J connectivity index is 2.03. The Morgan fingerprint density at radius 2 is 2.19 bits per heavy atom. The molecule has 0 aliphatic heterocycles. The molecule has 16 heavy (non-hydrogen) atoms. The average molecular weight is 218 g/mol. The lowest BCUT2D eigenvalue weighted by Crippen LogP contribution is -2.00. The fourth-order valence-corrected chi connectivity index (χ4v) is 1.71. The van der Waals surface area contributed by atoms with Crippen molar-refractivity contribution in [1.29, 1.82) is 0 Å². The van der Waals surface area contributed by atoms with Crippen molar-refractivity contribution in [2.75, 3.05) is 5.73 Å². The van der Waals surface area contributed by atoms with Gasteiger partial charge in [0.05, 0.1) is 23.9 Å². The van der Waals surface area contributed by atoms with E-state index in [4.69, 9.17) is 5.73 Å². The van der Waals surface area contributed by atoms with Gasteiger partial charge in [0, 0.05) is 18.2 Å². The summed E-state index contributed by atoms with van der Waals surface area (Å²) in [6, 6.07) is 1.36. The van der Waals surface area contributed by atoms with Gasteiger partial charge in [-0.3, -0.25) is 0 Å². The summed E-state index contributed by atoms with van der Waals surface area (Å²) in [6.45, 7) is 0. The lowest BCUT2D eigenvalue weighted by molar-refractivity contribution is 0.620. The van der Waals surface area contributed by atoms with Crippen LogP contribution in [-0.4, -0.2) is 14.5 Å². The first-order chi connectivity index (χ1) is 7.74. The van der Waals surface area contributed by atoms with Crippen LogP contribution in [0.25, 0.3) is 5.69 Å². The highest BCUT2D eigenvalue weighted by molar-refractivity contribution is 5.52. The maximum absolute atomic E-state index is 13.1. The zero-order valence-corrected chi connectivity index (χ0v) is 8.60. The molecule has 0 atom stereocenters. The van der Waals surface area contributed by atoms with Crippen LogP contribution in [0.3, 0.4) is 0 Å². The van der Waals surface area contributed by atoms with Gasteiger partial charge < -0.3 is 10.3 Å². The third kappa shape index (κ3) is 1.54. The van der Waals surface area contributed by atoms with Gasteiger partial charge in [0.25, 0.3) is 0 Å². The van der Waals surface area contributed by atoms with E-state index in [-0.39, 0.29) is 0 Å². The van der Waals surface area contributed by atoms with Crippen LogP contribution in [-0.2, 0) is 0 Å². The van der Waals surface area contributed by atoms with Gasteiger partial charge in [-0.1, -0.05) is 0 Å². The number of nitrogens with two attached hydrogens (primary N) is 1. The molecule has 0 saturated heterocycles. The molecule has 0 unspecified atom stereocenters. The normalized spacial score (nSPS) is 15.3. The van der Waals surface area contributed by atoms with Crippen molar-refractivity contribution >= 4 is 5.82 Å². The number of anilines is 1. The Morgan fingerprint density at radius 1 is 1.38 bits per heavy atom. The van der Waals surface area contributed by atoms with Gasteiger partial charge >= 0.3 is 0 Å². The van der Waals surface area contributed by atoms with E-state index in [0.29, 0.717) is 17.4 Å². The molecule has 0 spiro atoms. The number of nitrogen functional groups attached to an aromatic ring is 1. The number of hydrogen-bond donors (Lipinski definition) is 1. The molecule has 1 fully saturated rings. The summed E-state index contributed by atoms with van der Waals surface area (Å²) in [5, 5.41) is 0. The quantitative estimate of drug-likeness (QED) is 0.837. The largest absolute Gasteiger partial charge is 0.382 e. The van der Waals surface area contributed by atoms with E-state index in [1.807, 2.05) is 6.20 Å². The minimum atomic E-state index is -0.397. The van der Waals surface area contributed by atoms with Crippen molar-refractivity contribution in [2.24, 2.45) is 0 Å². The van der Waals surface area contributed by atoms with Gasteiger partial charge in [0.2, 0.25) is 0 Å². The number of hydrogen-bond acceptors (Lipinski definition) is 3. The van der Waals surface area contributed by atoms with E-state index in [2.05, 4.69) is 9.97 Å². The molecule has 2 heterocycles. The molecule has 2 aromatic rings. The topological polar surface area (TPSA) is 56.7 Å². The van der Waals surface area contributed by atoms with Crippen molar-refractivity contribution in [3.05, 3.63) is 36.3 Å². The van der Waals surface area contributed by atoms with Gasteiger partial charge in [-0.2, -0.15) is 0 Å². The lowest BCUT2D eigenvalue weighted by Gasteiger charge is -2.04. The summed E-state index contributed by atoms with van der Waals surface area (Å²) >= 11 is 0. The van der Waals surface area contributed by atoms with Crippen LogP contribution in [0.5, 0.6) is 0 Å². The highest BCUT2D eigenvalue weighted by Crippen LogP contribution is 2.39. The molecule has 3 rings (SSSR count). The van der Waals surface area contributed by atoms with Crippen LogP contribution in [0.2, 0.25) is 0 Å². The van der Waals surface area contributed by atoms with Crippen molar-refractivity contribution in [3.63, 3.8) is 0 Å². The molecule has 0 bridgehead atoms. The van der Waals surface area contributed by atoms with Crippen LogP contribution in [0.15, 0.2) is 24.8 Å². The first kappa shape index (κ1) is 9.33. The Kier molecular flexibility index (Phi) is 1.92. The molecule has 0 radical (unpaired) electrons. The predicted octanol–water partition coefficient (Wildman–Crippen LogP) is 1.87. The van der Waals surface area contributed by atoms with E-state index in [1.54, 1.807) is 10.9 Å². The highest BCUT2D eigenvalue weighted by atomic mass is 19.1. The second kappa shape index (κ2) is 3.30. The number of rotatable bonds is 2. The third-order valence-corrected chi connectivity index (χ3v) is 2.74. The first-order valence-corrected chi connectivity index (χ1v) is 5.19. The van der Waals surface area contributed by atoms with Gasteiger partial charge in [-0.05, 0) is 12.8 Å². The smallest absolute Gasteiger partial charge is 0.147 e. The van der Waals surface area contributed by atoms with Crippen LogP contribution in [0, 0.1) is 5.82 Å². The van der Waals surface area contributed by atoms with E-state index >= 15 is 0 Å². The fourth-order valence-electron chi connectivity index (χ4n) is 1.71. The molecule has 0 aromatic carbocycles. The number of halogens is 1. The summed E-state index contributed by atoms with van der Waals surface area (Å²) in [7, 11) is 0. The second-order valence-electron chi connectivity index (χ2n) is 4.04. The fraction of sp³-hybridized carbons (Fsp3) is 0.273. The summed E-state index contributed by atoms with van der Waals surface area (Å²) in [5.74, 6) is 0.482. The predicted molar refractivity (Wildman–Crippen MR) is 57.7 cm³/mol. The summed E-state index contributed by atoms with van der Waals surface area (Å²) in [4.78, 5) is 8.06. The van der Waals surface area contributed by atoms with Gasteiger partial charge in [-0.25, -0.2) is 14.4 Å². The molecular formula is C11H11FN4. The van der Waals surface area contributed by atoms with Crippen LogP contribution >= 0.6 is 0 Å². The van der Waals surface area contributed by atoms with E-state index in [9.17, 15) is 4.39 Å². The van der Waals surface area contributed by atoms with Crippen molar-refractivity contribution in [2.45, 2.75) is 18.8 Å². The van der Waals surface area contributed by atoms with E-state index in [1.165, 1.54) is 18.9 Å². The Labute approximate surface area is 91.9 Å². The first-order valence-electron chi connectivity index (χ1n) is 5.19. The van der Waals surface area contributed by atoms with E-state index in [0.717, 1.165) is 11.9 Å². The molecule has 1 aliphatic carbocycles. The molecule has 2 aromatic heterocycles. The zero-order valence-electron chi connectivity index (χ0n) is 8.60. The number of pyridine rings is 1. The van der Waals surface area contributed by atoms with Crippen molar-refractivity contribution in [3.8, 4) is 5.69 Å². The summed E-state index contributed by atoms with van der Waals surface area (Å²) in [5.41, 5.74) is 7.28. The Hall–Kier alpha value is -1.91. The minimum absolute atomic E-state index is 0.307. The summed E-state index contributed by atoms with van der Waals surface area (Å²) in [6.07, 6.45) is 7.03. The molecule has 82 valence electrons. The maximum atomic E-state index is 13.1. The lowest BCUT2D eigenvalue weighted by atomic mass is 10.3. The Bertz CT molecular complexity index is 531. The van der Waals surface area contributed by atoms with E-state index < -0.39 is 5.82 Å². The summed E-state index contributed by atoms with van der Waals surface area (Å²) < 4.78 is 14.8. The maximum Gasteiger partial charge on any atom is 0.147 e. The van der Waals surface area contributed by atoms with Gasteiger partial charge in [-0.15, -0.1) is 0 Å². The zero-order chi connectivity index (χ0) is 11.1. The third-order valence-electron chi connectivity index (χ3n) is 2.74. The average Bonchev–Trinajstić information content (AvgIpc) is 3.01.